The number of nitrogen functional groups attached to an aromatic ring is 1. The SMILES string of the molecule is CCCS(=O)(=O)c1c(N)nsc1NC1CCS(=O)(=O)CC1. The summed E-state index contributed by atoms with van der Waals surface area (Å²) in [7, 11) is -6.40. The Kier molecular flexibility index (Phi) is 4.79. The molecule has 0 aliphatic carbocycles. The highest BCUT2D eigenvalue weighted by molar-refractivity contribution is 7.92. The van der Waals surface area contributed by atoms with E-state index in [9.17, 15) is 16.8 Å². The molecule has 120 valence electrons. The van der Waals surface area contributed by atoms with Crippen molar-refractivity contribution < 1.29 is 16.8 Å². The molecule has 1 aromatic rings. The Bertz CT molecular complexity index is 695. The van der Waals surface area contributed by atoms with Crippen molar-refractivity contribution in [2.45, 2.75) is 37.1 Å². The second-order valence-electron chi connectivity index (χ2n) is 5.12. The molecule has 3 N–H and O–H groups in total. The minimum Gasteiger partial charge on any atom is -0.382 e. The quantitative estimate of drug-likeness (QED) is 0.807. The first kappa shape index (κ1) is 16.5. The maximum absolute atomic E-state index is 12.2. The maximum atomic E-state index is 12.2. The lowest BCUT2D eigenvalue weighted by atomic mass is 10.1. The average molecular weight is 353 g/mol. The van der Waals surface area contributed by atoms with Crippen LogP contribution < -0.4 is 11.1 Å². The Morgan fingerprint density at radius 1 is 1.38 bits per heavy atom. The second-order valence-corrected chi connectivity index (χ2v) is 10.2. The number of hydrogen-bond donors (Lipinski definition) is 2. The van der Waals surface area contributed by atoms with Crippen LogP contribution in [-0.4, -0.2) is 44.5 Å². The molecule has 7 nitrogen and oxygen atoms in total. The Hall–Kier alpha value is -0.870. The van der Waals surface area contributed by atoms with Crippen LogP contribution in [0.4, 0.5) is 10.8 Å². The van der Waals surface area contributed by atoms with Crippen molar-refractivity contribution in [3.05, 3.63) is 0 Å². The molecule has 10 heteroatoms. The van der Waals surface area contributed by atoms with Gasteiger partial charge in [-0.1, -0.05) is 6.92 Å². The van der Waals surface area contributed by atoms with Crippen LogP contribution in [0.3, 0.4) is 0 Å². The normalized spacial score (nSPS) is 19.5. The van der Waals surface area contributed by atoms with Crippen molar-refractivity contribution in [1.82, 2.24) is 4.37 Å². The molecular formula is C11H19N3O4S3. The van der Waals surface area contributed by atoms with Gasteiger partial charge in [0.05, 0.1) is 17.3 Å². The predicted molar refractivity (Wildman–Crippen MR) is 84.2 cm³/mol. The smallest absolute Gasteiger partial charge is 0.185 e. The summed E-state index contributed by atoms with van der Waals surface area (Å²) in [6.45, 7) is 1.78. The van der Waals surface area contributed by atoms with Crippen molar-refractivity contribution in [1.29, 1.82) is 0 Å². The van der Waals surface area contributed by atoms with Crippen LogP contribution in [0.15, 0.2) is 4.90 Å². The number of nitrogens with two attached hydrogens (primary N) is 1. The molecule has 2 heterocycles. The van der Waals surface area contributed by atoms with Crippen molar-refractivity contribution >= 4 is 42.0 Å². The molecule has 0 radical (unpaired) electrons. The number of nitrogens with zero attached hydrogens (tertiary/aromatic N) is 1. The van der Waals surface area contributed by atoms with Crippen LogP contribution in [0, 0.1) is 0 Å². The van der Waals surface area contributed by atoms with E-state index in [2.05, 4.69) is 9.69 Å². The van der Waals surface area contributed by atoms with Gasteiger partial charge in [0.15, 0.2) is 15.7 Å². The van der Waals surface area contributed by atoms with E-state index in [1.165, 1.54) is 0 Å². The molecule has 0 unspecified atom stereocenters. The summed E-state index contributed by atoms with van der Waals surface area (Å²) in [6, 6.07) is -0.0658. The van der Waals surface area contributed by atoms with Gasteiger partial charge in [-0.3, -0.25) is 0 Å². The lowest BCUT2D eigenvalue weighted by Gasteiger charge is -2.23. The fraction of sp³-hybridized carbons (Fsp3) is 0.727. The fourth-order valence-corrected chi connectivity index (χ4v) is 6.45. The Morgan fingerprint density at radius 3 is 2.57 bits per heavy atom. The summed E-state index contributed by atoms with van der Waals surface area (Å²) < 4.78 is 51.2. The molecule has 1 aliphatic rings. The molecule has 0 aromatic carbocycles. The Balaban J connectivity index is 2.19. The molecule has 2 rings (SSSR count). The van der Waals surface area contributed by atoms with Gasteiger partial charge in [-0.25, -0.2) is 16.8 Å². The number of anilines is 2. The highest BCUT2D eigenvalue weighted by atomic mass is 32.2. The number of aromatic nitrogens is 1. The van der Waals surface area contributed by atoms with E-state index in [0.717, 1.165) is 11.5 Å². The number of rotatable bonds is 5. The summed E-state index contributed by atoms with van der Waals surface area (Å²) in [5.41, 5.74) is 5.69. The minimum absolute atomic E-state index is 0.0133. The van der Waals surface area contributed by atoms with Crippen LogP contribution in [0.5, 0.6) is 0 Å². The largest absolute Gasteiger partial charge is 0.382 e. The molecule has 1 saturated heterocycles. The fourth-order valence-electron chi connectivity index (χ4n) is 2.28. The van der Waals surface area contributed by atoms with E-state index in [1.54, 1.807) is 6.92 Å². The molecule has 0 bridgehead atoms. The van der Waals surface area contributed by atoms with Gasteiger partial charge in [0.25, 0.3) is 0 Å². The standard InChI is InChI=1S/C11H19N3O4S3/c1-2-5-21(17,18)9-10(12)14-19-11(9)13-8-3-6-20(15,16)7-4-8/h8,13H,2-7H2,1H3,(H2,12,14). The van der Waals surface area contributed by atoms with E-state index in [4.69, 9.17) is 5.73 Å². The first-order valence-corrected chi connectivity index (χ1v) is 10.9. The Morgan fingerprint density at radius 2 is 2.00 bits per heavy atom. The molecule has 0 spiro atoms. The lowest BCUT2D eigenvalue weighted by Crippen LogP contribution is -2.32. The van der Waals surface area contributed by atoms with Crippen molar-refractivity contribution in [2.75, 3.05) is 28.3 Å². The third-order valence-corrected chi connectivity index (χ3v) is 7.97. The molecule has 0 atom stereocenters. The molecule has 0 saturated carbocycles. The topological polar surface area (TPSA) is 119 Å². The molecule has 1 fully saturated rings. The molecule has 1 aliphatic heterocycles. The lowest BCUT2D eigenvalue weighted by molar-refractivity contribution is 0.559. The first-order valence-electron chi connectivity index (χ1n) is 6.70. The molecular weight excluding hydrogens is 334 g/mol. The van der Waals surface area contributed by atoms with Gasteiger partial charge < -0.3 is 11.1 Å². The van der Waals surface area contributed by atoms with Gasteiger partial charge in [-0.05, 0) is 30.8 Å². The average Bonchev–Trinajstić information content (AvgIpc) is 2.74. The predicted octanol–water partition coefficient (Wildman–Crippen LogP) is 0.898. The second kappa shape index (κ2) is 6.09. The van der Waals surface area contributed by atoms with Crippen LogP contribution in [-0.2, 0) is 19.7 Å². The number of hydrogen-bond acceptors (Lipinski definition) is 8. The van der Waals surface area contributed by atoms with Gasteiger partial charge >= 0.3 is 0 Å². The van der Waals surface area contributed by atoms with Gasteiger partial charge in [0, 0.05) is 6.04 Å². The van der Waals surface area contributed by atoms with E-state index < -0.39 is 19.7 Å². The third kappa shape index (κ3) is 3.86. The van der Waals surface area contributed by atoms with Crippen LogP contribution >= 0.6 is 11.5 Å². The van der Waals surface area contributed by atoms with Crippen molar-refractivity contribution in [2.24, 2.45) is 0 Å². The van der Waals surface area contributed by atoms with Gasteiger partial charge in [-0.15, -0.1) is 0 Å². The monoisotopic (exact) mass is 353 g/mol. The van der Waals surface area contributed by atoms with Gasteiger partial charge in [0.2, 0.25) is 0 Å². The van der Waals surface area contributed by atoms with Crippen molar-refractivity contribution in [3.8, 4) is 0 Å². The van der Waals surface area contributed by atoms with E-state index >= 15 is 0 Å². The summed E-state index contributed by atoms with van der Waals surface area (Å²) in [4.78, 5) is 0.0581. The summed E-state index contributed by atoms with van der Waals surface area (Å²) >= 11 is 1.01. The summed E-state index contributed by atoms with van der Waals surface area (Å²) in [5.74, 6) is 0.273. The van der Waals surface area contributed by atoms with Crippen LogP contribution in [0.2, 0.25) is 0 Å². The maximum Gasteiger partial charge on any atom is 0.185 e. The van der Waals surface area contributed by atoms with Gasteiger partial charge in [-0.2, -0.15) is 4.37 Å². The number of sulfone groups is 2. The Labute approximate surface area is 128 Å². The zero-order chi connectivity index (χ0) is 15.7. The van der Waals surface area contributed by atoms with Crippen LogP contribution in [0.25, 0.3) is 0 Å². The number of nitrogens with one attached hydrogen (secondary N) is 1. The molecule has 0 amide bonds. The van der Waals surface area contributed by atoms with Crippen molar-refractivity contribution in [3.63, 3.8) is 0 Å². The summed E-state index contributed by atoms with van der Waals surface area (Å²) in [6.07, 6.45) is 1.43. The first-order chi connectivity index (χ1) is 9.75. The summed E-state index contributed by atoms with van der Waals surface area (Å²) in [5, 5.41) is 3.53. The van der Waals surface area contributed by atoms with Crippen LogP contribution in [0.1, 0.15) is 26.2 Å². The van der Waals surface area contributed by atoms with Gasteiger partial charge in [0.1, 0.15) is 19.7 Å². The highest BCUT2D eigenvalue weighted by Gasteiger charge is 2.28. The minimum atomic E-state index is -3.46. The molecule has 21 heavy (non-hydrogen) atoms. The zero-order valence-electron chi connectivity index (χ0n) is 11.7. The third-order valence-electron chi connectivity index (χ3n) is 3.35. The van der Waals surface area contributed by atoms with E-state index in [-0.39, 0.29) is 34.0 Å². The zero-order valence-corrected chi connectivity index (χ0v) is 14.2. The highest BCUT2D eigenvalue weighted by Crippen LogP contribution is 2.34. The van der Waals surface area contributed by atoms with E-state index in [1.807, 2.05) is 0 Å². The van der Waals surface area contributed by atoms with E-state index in [0.29, 0.717) is 24.3 Å². The molecule has 1 aromatic heterocycles.